The fourth-order valence-corrected chi connectivity index (χ4v) is 1.41. The maximum absolute atomic E-state index is 6.06. The van der Waals surface area contributed by atoms with Gasteiger partial charge in [0, 0.05) is 13.1 Å². The molecule has 3 nitrogen and oxygen atoms in total. The molecule has 0 radical (unpaired) electrons. The zero-order valence-electron chi connectivity index (χ0n) is 9.55. The number of pyridine rings is 1. The minimum absolute atomic E-state index is 0.728. The molecule has 0 aliphatic carbocycles. The molecule has 0 amide bonds. The molecule has 0 fully saturated rings. The van der Waals surface area contributed by atoms with E-state index in [9.17, 15) is 0 Å². The average Bonchev–Trinajstić information content (AvgIpc) is 2.18. The van der Waals surface area contributed by atoms with Crippen LogP contribution in [0.1, 0.15) is 19.0 Å². The van der Waals surface area contributed by atoms with Gasteiger partial charge >= 0.3 is 0 Å². The Morgan fingerprint density at radius 3 is 2.73 bits per heavy atom. The molecule has 0 aromatic carbocycles. The summed E-state index contributed by atoms with van der Waals surface area (Å²) in [5.74, 6) is 0.901. The summed E-state index contributed by atoms with van der Waals surface area (Å²) in [6, 6.07) is 3.81. The van der Waals surface area contributed by atoms with Crippen LogP contribution in [-0.2, 0) is 6.54 Å². The number of aromatic nitrogens is 1. The van der Waals surface area contributed by atoms with Gasteiger partial charge in [0.1, 0.15) is 5.82 Å². The zero-order valence-corrected chi connectivity index (χ0v) is 10.3. The summed E-state index contributed by atoms with van der Waals surface area (Å²) in [5.41, 5.74) is 0.919. The number of hydrogen-bond acceptors (Lipinski definition) is 3. The molecule has 4 heteroatoms. The topological polar surface area (TPSA) is 28.2 Å². The fourth-order valence-electron chi connectivity index (χ4n) is 1.25. The Morgan fingerprint density at radius 1 is 1.40 bits per heavy atom. The van der Waals surface area contributed by atoms with Gasteiger partial charge in [-0.05, 0) is 32.6 Å². The van der Waals surface area contributed by atoms with Gasteiger partial charge in [-0.15, -0.1) is 0 Å². The summed E-state index contributed by atoms with van der Waals surface area (Å²) in [6.45, 7) is 3.83. The van der Waals surface area contributed by atoms with Crippen molar-refractivity contribution in [2.24, 2.45) is 0 Å². The van der Waals surface area contributed by atoms with E-state index in [2.05, 4.69) is 22.1 Å². The number of anilines is 1. The lowest BCUT2D eigenvalue weighted by Crippen LogP contribution is -2.13. The lowest BCUT2D eigenvalue weighted by Gasteiger charge is -2.12. The quantitative estimate of drug-likeness (QED) is 0.838. The molecule has 1 N–H and O–H groups in total. The molecule has 84 valence electrons. The minimum Gasteiger partial charge on any atom is -0.370 e. The van der Waals surface area contributed by atoms with Gasteiger partial charge < -0.3 is 10.2 Å². The van der Waals surface area contributed by atoms with Crippen LogP contribution >= 0.6 is 11.6 Å². The molecule has 0 saturated carbocycles. The van der Waals surface area contributed by atoms with Gasteiger partial charge in [0.2, 0.25) is 0 Å². The molecule has 0 spiro atoms. The maximum atomic E-state index is 6.06. The number of hydrogen-bond donors (Lipinski definition) is 1. The van der Waals surface area contributed by atoms with Crippen LogP contribution in [0.25, 0.3) is 0 Å². The number of nitrogens with zero attached hydrogens (tertiary/aromatic N) is 2. The summed E-state index contributed by atoms with van der Waals surface area (Å²) in [7, 11) is 4.01. The summed E-state index contributed by atoms with van der Waals surface area (Å²) in [6.07, 6.45) is 1.09. The minimum atomic E-state index is 0.728. The lowest BCUT2D eigenvalue weighted by atomic mass is 10.3. The second kappa shape index (κ2) is 5.93. The Morgan fingerprint density at radius 2 is 2.13 bits per heavy atom. The highest BCUT2D eigenvalue weighted by Crippen LogP contribution is 2.17. The molecule has 1 aromatic rings. The zero-order chi connectivity index (χ0) is 11.3. The van der Waals surface area contributed by atoms with Gasteiger partial charge in [-0.3, -0.25) is 0 Å². The monoisotopic (exact) mass is 227 g/mol. The Balaban J connectivity index is 2.75. The predicted octanol–water partition coefficient (Wildman–Crippen LogP) is 2.62. The van der Waals surface area contributed by atoms with Crippen molar-refractivity contribution in [1.29, 1.82) is 0 Å². The SMILES string of the molecule is CCCNc1ccc(Cl)c(CN(C)C)n1. The van der Waals surface area contributed by atoms with E-state index in [0.29, 0.717) is 0 Å². The van der Waals surface area contributed by atoms with E-state index >= 15 is 0 Å². The van der Waals surface area contributed by atoms with E-state index in [0.717, 1.165) is 36.0 Å². The van der Waals surface area contributed by atoms with Crippen LogP contribution in [0.2, 0.25) is 5.02 Å². The summed E-state index contributed by atoms with van der Waals surface area (Å²) >= 11 is 6.06. The second-order valence-electron chi connectivity index (χ2n) is 3.79. The Hall–Kier alpha value is -0.800. The van der Waals surface area contributed by atoms with Crippen LogP contribution in [0.5, 0.6) is 0 Å². The second-order valence-corrected chi connectivity index (χ2v) is 4.20. The maximum Gasteiger partial charge on any atom is 0.126 e. The fraction of sp³-hybridized carbons (Fsp3) is 0.545. The van der Waals surface area contributed by atoms with Crippen molar-refractivity contribution in [3.05, 3.63) is 22.8 Å². The van der Waals surface area contributed by atoms with Crippen molar-refractivity contribution >= 4 is 17.4 Å². The van der Waals surface area contributed by atoms with Crippen molar-refractivity contribution in [2.45, 2.75) is 19.9 Å². The Labute approximate surface area is 96.5 Å². The first-order chi connectivity index (χ1) is 7.13. The smallest absolute Gasteiger partial charge is 0.126 e. The molecule has 0 aliphatic heterocycles. The molecule has 0 bridgehead atoms. The van der Waals surface area contributed by atoms with Crippen LogP contribution < -0.4 is 5.32 Å². The highest BCUT2D eigenvalue weighted by Gasteiger charge is 2.04. The molecule has 0 aliphatic rings. The third kappa shape index (κ3) is 4.06. The molecule has 1 aromatic heterocycles. The van der Waals surface area contributed by atoms with Crippen LogP contribution in [0.3, 0.4) is 0 Å². The van der Waals surface area contributed by atoms with E-state index in [1.165, 1.54) is 0 Å². The van der Waals surface area contributed by atoms with E-state index in [-0.39, 0.29) is 0 Å². The molecule has 0 atom stereocenters. The normalized spacial score (nSPS) is 10.7. The number of halogens is 1. The van der Waals surface area contributed by atoms with E-state index in [4.69, 9.17) is 11.6 Å². The van der Waals surface area contributed by atoms with Gasteiger partial charge in [0.25, 0.3) is 0 Å². The Kier molecular flexibility index (Phi) is 4.85. The number of rotatable bonds is 5. The van der Waals surface area contributed by atoms with E-state index in [1.807, 2.05) is 26.2 Å². The van der Waals surface area contributed by atoms with E-state index in [1.54, 1.807) is 0 Å². The molecule has 0 saturated heterocycles. The highest BCUT2D eigenvalue weighted by molar-refractivity contribution is 6.31. The van der Waals surface area contributed by atoms with Crippen molar-refractivity contribution < 1.29 is 0 Å². The van der Waals surface area contributed by atoms with Crippen LogP contribution in [0.4, 0.5) is 5.82 Å². The van der Waals surface area contributed by atoms with Crippen molar-refractivity contribution in [3.63, 3.8) is 0 Å². The average molecular weight is 228 g/mol. The van der Waals surface area contributed by atoms with Gasteiger partial charge in [-0.25, -0.2) is 4.98 Å². The van der Waals surface area contributed by atoms with Gasteiger partial charge in [0.05, 0.1) is 10.7 Å². The van der Waals surface area contributed by atoms with Gasteiger partial charge in [-0.2, -0.15) is 0 Å². The highest BCUT2D eigenvalue weighted by atomic mass is 35.5. The van der Waals surface area contributed by atoms with E-state index < -0.39 is 0 Å². The summed E-state index contributed by atoms with van der Waals surface area (Å²) < 4.78 is 0. The van der Waals surface area contributed by atoms with Crippen molar-refractivity contribution in [3.8, 4) is 0 Å². The van der Waals surface area contributed by atoms with Gasteiger partial charge in [0.15, 0.2) is 0 Å². The largest absolute Gasteiger partial charge is 0.370 e. The molecular weight excluding hydrogens is 210 g/mol. The van der Waals surface area contributed by atoms with Crippen LogP contribution in [0, 0.1) is 0 Å². The van der Waals surface area contributed by atoms with Crippen LogP contribution in [0.15, 0.2) is 12.1 Å². The first-order valence-electron chi connectivity index (χ1n) is 5.17. The number of nitrogens with one attached hydrogen (secondary N) is 1. The molecule has 0 unspecified atom stereocenters. The first kappa shape index (κ1) is 12.3. The molecule has 1 rings (SSSR count). The third-order valence-corrected chi connectivity index (χ3v) is 2.28. The molecular formula is C11H18ClN3. The third-order valence-electron chi connectivity index (χ3n) is 1.94. The molecule has 15 heavy (non-hydrogen) atoms. The first-order valence-corrected chi connectivity index (χ1v) is 5.55. The van der Waals surface area contributed by atoms with Crippen molar-refractivity contribution in [1.82, 2.24) is 9.88 Å². The molecule has 1 heterocycles. The summed E-state index contributed by atoms with van der Waals surface area (Å²) in [5, 5.41) is 3.97. The lowest BCUT2D eigenvalue weighted by molar-refractivity contribution is 0.397. The van der Waals surface area contributed by atoms with Gasteiger partial charge in [-0.1, -0.05) is 18.5 Å². The van der Waals surface area contributed by atoms with Crippen molar-refractivity contribution in [2.75, 3.05) is 26.0 Å². The van der Waals surface area contributed by atoms with Crippen LogP contribution in [-0.4, -0.2) is 30.5 Å². The predicted molar refractivity (Wildman–Crippen MR) is 65.4 cm³/mol. The summed E-state index contributed by atoms with van der Waals surface area (Å²) in [4.78, 5) is 6.52. The standard InChI is InChI=1S/C11H18ClN3/c1-4-7-13-11-6-5-9(12)10(14-11)8-15(2)3/h5-6H,4,7-8H2,1-3H3,(H,13,14). The Bertz CT molecular complexity index is 313.